The third kappa shape index (κ3) is 1.56. The summed E-state index contributed by atoms with van der Waals surface area (Å²) in [5.41, 5.74) is 8.64. The van der Waals surface area contributed by atoms with Crippen LogP contribution in [-0.4, -0.2) is 16.6 Å². The molecule has 0 aromatic carbocycles. The summed E-state index contributed by atoms with van der Waals surface area (Å²) in [6.45, 7) is 0. The van der Waals surface area contributed by atoms with Crippen LogP contribution in [0.5, 0.6) is 0 Å². The maximum atomic E-state index is 10.7. The number of nitrogens with one attached hydrogen (secondary N) is 1. The van der Waals surface area contributed by atoms with Gasteiger partial charge in [-0.05, 0) is 43.4 Å². The molecule has 4 aliphatic rings. The lowest BCUT2D eigenvalue weighted by atomic mass is 9.55. The molecule has 4 aliphatic carbocycles. The number of amides is 2. The van der Waals surface area contributed by atoms with Crippen molar-refractivity contribution < 1.29 is 4.79 Å². The summed E-state index contributed by atoms with van der Waals surface area (Å²) in [4.78, 5) is 11.3. The number of urea groups is 1. The minimum absolute atomic E-state index is 0.517. The second-order valence-corrected chi connectivity index (χ2v) is 6.39. The van der Waals surface area contributed by atoms with Crippen LogP contribution >= 0.6 is 15.9 Å². The number of carbonyl (C=O) groups is 1. The van der Waals surface area contributed by atoms with Crippen molar-refractivity contribution in [2.24, 2.45) is 34.5 Å². The maximum absolute atomic E-state index is 10.7. The molecular formula is C11H16BrN3O. The van der Waals surface area contributed by atoms with Gasteiger partial charge in [0.2, 0.25) is 0 Å². The number of halogens is 1. The fraction of sp³-hybridized carbons (Fsp3) is 0.818. The minimum atomic E-state index is -0.563. The van der Waals surface area contributed by atoms with Crippen LogP contribution in [-0.2, 0) is 0 Å². The molecule has 4 fully saturated rings. The van der Waals surface area contributed by atoms with E-state index in [4.69, 9.17) is 5.73 Å². The summed E-state index contributed by atoms with van der Waals surface area (Å²) in [7, 11) is 0. The molecule has 16 heavy (non-hydrogen) atoms. The van der Waals surface area contributed by atoms with E-state index >= 15 is 0 Å². The quantitative estimate of drug-likeness (QED) is 0.560. The van der Waals surface area contributed by atoms with Crippen LogP contribution in [0.15, 0.2) is 5.10 Å². The van der Waals surface area contributed by atoms with Crippen molar-refractivity contribution in [3.05, 3.63) is 0 Å². The number of hydrazone groups is 1. The number of rotatable bonds is 1. The van der Waals surface area contributed by atoms with Gasteiger partial charge in [0.15, 0.2) is 0 Å². The second-order valence-electron chi connectivity index (χ2n) is 5.33. The number of nitrogens with two attached hydrogens (primary N) is 1. The third-order valence-corrected chi connectivity index (χ3v) is 5.74. The van der Waals surface area contributed by atoms with Crippen LogP contribution < -0.4 is 11.2 Å². The first-order valence-corrected chi connectivity index (χ1v) is 6.83. The van der Waals surface area contributed by atoms with Crippen LogP contribution in [0.2, 0.25) is 0 Å². The Morgan fingerprint density at radius 2 is 2.19 bits per heavy atom. The molecule has 4 saturated carbocycles. The highest BCUT2D eigenvalue weighted by Crippen LogP contribution is 2.54. The zero-order chi connectivity index (χ0) is 11.3. The topological polar surface area (TPSA) is 67.5 Å². The molecule has 0 aliphatic heterocycles. The summed E-state index contributed by atoms with van der Waals surface area (Å²) in [6.07, 6.45) is 5.08. The van der Waals surface area contributed by atoms with E-state index in [9.17, 15) is 4.79 Å². The Morgan fingerprint density at radius 1 is 1.38 bits per heavy atom. The highest BCUT2D eigenvalue weighted by Gasteiger charge is 2.51. The van der Waals surface area contributed by atoms with Crippen LogP contribution in [0.1, 0.15) is 25.7 Å². The van der Waals surface area contributed by atoms with E-state index in [2.05, 4.69) is 26.5 Å². The number of hydrogen-bond donors (Lipinski definition) is 2. The van der Waals surface area contributed by atoms with Crippen molar-refractivity contribution in [2.45, 2.75) is 30.5 Å². The first-order chi connectivity index (χ1) is 7.65. The molecule has 88 valence electrons. The second kappa shape index (κ2) is 3.72. The van der Waals surface area contributed by atoms with Gasteiger partial charge in [0.05, 0.1) is 0 Å². The minimum Gasteiger partial charge on any atom is -0.350 e. The van der Waals surface area contributed by atoms with Gasteiger partial charge in [-0.2, -0.15) is 5.10 Å². The number of hydrogen-bond acceptors (Lipinski definition) is 2. The van der Waals surface area contributed by atoms with E-state index in [-0.39, 0.29) is 0 Å². The summed E-state index contributed by atoms with van der Waals surface area (Å²) < 4.78 is 0. The van der Waals surface area contributed by atoms with E-state index in [1.54, 1.807) is 0 Å². The Morgan fingerprint density at radius 3 is 2.94 bits per heavy atom. The van der Waals surface area contributed by atoms with Gasteiger partial charge in [0, 0.05) is 16.5 Å². The highest BCUT2D eigenvalue weighted by molar-refractivity contribution is 9.09. The Hall–Kier alpha value is -0.580. The predicted molar refractivity (Wildman–Crippen MR) is 65.3 cm³/mol. The molecular weight excluding hydrogens is 270 g/mol. The predicted octanol–water partition coefficient (Wildman–Crippen LogP) is 1.84. The number of nitrogens with zero attached hydrogens (tertiary/aromatic N) is 1. The molecule has 4 nitrogen and oxygen atoms in total. The first kappa shape index (κ1) is 10.6. The Balaban J connectivity index is 1.85. The van der Waals surface area contributed by atoms with Gasteiger partial charge in [-0.25, -0.2) is 10.2 Å². The number of primary amides is 1. The Kier molecular flexibility index (Phi) is 2.46. The standard InChI is InChI=1S/C11H16BrN3O/c12-9-6-1-5-2-7(4-6)10(8(9)3-5)14-15-11(13)16/h5-9H,1-4H2,(H3,13,15,16)/b14-10+/t5-,6+,7+,8-,9+/m1/s1. The van der Waals surface area contributed by atoms with Gasteiger partial charge < -0.3 is 5.73 Å². The molecule has 4 rings (SSSR count). The van der Waals surface area contributed by atoms with Gasteiger partial charge in [0.25, 0.3) is 0 Å². The molecule has 0 unspecified atom stereocenters. The number of carbonyl (C=O) groups excluding carboxylic acids is 1. The first-order valence-electron chi connectivity index (χ1n) is 5.92. The molecule has 0 aromatic heterocycles. The zero-order valence-electron chi connectivity index (χ0n) is 9.03. The monoisotopic (exact) mass is 285 g/mol. The maximum Gasteiger partial charge on any atom is 0.332 e. The molecule has 4 bridgehead atoms. The van der Waals surface area contributed by atoms with Gasteiger partial charge in [-0.3, -0.25) is 0 Å². The van der Waals surface area contributed by atoms with E-state index < -0.39 is 6.03 Å². The average molecular weight is 286 g/mol. The van der Waals surface area contributed by atoms with Crippen molar-refractivity contribution in [3.63, 3.8) is 0 Å². The molecule has 0 heterocycles. The molecule has 0 spiro atoms. The van der Waals surface area contributed by atoms with Crippen molar-refractivity contribution >= 4 is 27.7 Å². The fourth-order valence-corrected chi connectivity index (χ4v) is 4.80. The molecule has 3 N–H and O–H groups in total. The van der Waals surface area contributed by atoms with E-state index in [0.29, 0.717) is 16.7 Å². The van der Waals surface area contributed by atoms with Crippen molar-refractivity contribution in [1.82, 2.24) is 5.43 Å². The Bertz CT molecular complexity index is 357. The summed E-state index contributed by atoms with van der Waals surface area (Å²) >= 11 is 3.80. The zero-order valence-corrected chi connectivity index (χ0v) is 10.6. The van der Waals surface area contributed by atoms with Crippen LogP contribution in [0, 0.1) is 23.7 Å². The van der Waals surface area contributed by atoms with Crippen molar-refractivity contribution in [2.75, 3.05) is 0 Å². The van der Waals surface area contributed by atoms with Gasteiger partial charge in [-0.1, -0.05) is 15.9 Å². The highest BCUT2D eigenvalue weighted by atomic mass is 79.9. The summed E-state index contributed by atoms with van der Waals surface area (Å²) in [5.74, 6) is 2.80. The van der Waals surface area contributed by atoms with Crippen LogP contribution in [0.3, 0.4) is 0 Å². The molecule has 0 saturated heterocycles. The molecule has 5 atom stereocenters. The SMILES string of the molecule is NC(=O)N/N=C1\[C@H]2C[C@H]3C[C@@H](C2)[C@H](Br)[C@H]1C3. The third-order valence-electron chi connectivity index (χ3n) is 4.36. The lowest BCUT2D eigenvalue weighted by Gasteiger charge is -2.53. The molecule has 0 aromatic rings. The van der Waals surface area contributed by atoms with Gasteiger partial charge in [0.1, 0.15) is 0 Å². The van der Waals surface area contributed by atoms with E-state index in [1.165, 1.54) is 31.4 Å². The van der Waals surface area contributed by atoms with Crippen molar-refractivity contribution in [3.8, 4) is 0 Å². The fourth-order valence-electron chi connectivity index (χ4n) is 3.88. The summed E-state index contributed by atoms with van der Waals surface area (Å²) in [6, 6.07) is -0.563. The lowest BCUT2D eigenvalue weighted by molar-refractivity contribution is 0.117. The molecule has 5 heteroatoms. The lowest BCUT2D eigenvalue weighted by Crippen LogP contribution is -2.52. The van der Waals surface area contributed by atoms with Crippen LogP contribution in [0.25, 0.3) is 0 Å². The molecule has 0 radical (unpaired) electrons. The normalized spacial score (nSPS) is 47.3. The van der Waals surface area contributed by atoms with Crippen molar-refractivity contribution in [1.29, 1.82) is 0 Å². The van der Waals surface area contributed by atoms with Crippen LogP contribution in [0.4, 0.5) is 4.79 Å². The Labute approximate surface area is 103 Å². The summed E-state index contributed by atoms with van der Waals surface area (Å²) in [5, 5.41) is 4.23. The average Bonchev–Trinajstić information content (AvgIpc) is 2.23. The smallest absolute Gasteiger partial charge is 0.332 e. The number of alkyl halides is 1. The van der Waals surface area contributed by atoms with E-state index in [1.807, 2.05) is 0 Å². The van der Waals surface area contributed by atoms with E-state index in [0.717, 1.165) is 11.8 Å². The molecule has 2 amide bonds. The van der Waals surface area contributed by atoms with Gasteiger partial charge in [-0.15, -0.1) is 0 Å². The largest absolute Gasteiger partial charge is 0.350 e. The van der Waals surface area contributed by atoms with Gasteiger partial charge >= 0.3 is 6.03 Å².